The van der Waals surface area contributed by atoms with Crippen molar-refractivity contribution < 1.29 is 33.6 Å². The first-order chi connectivity index (χ1) is 15.5. The van der Waals surface area contributed by atoms with Gasteiger partial charge in [0.1, 0.15) is 12.3 Å². The Morgan fingerprint density at radius 1 is 0.875 bits per heavy atom. The van der Waals surface area contributed by atoms with Gasteiger partial charge in [-0.3, -0.25) is 9.59 Å². The average molecular weight is 499 g/mol. The van der Waals surface area contributed by atoms with Crippen LogP contribution in [0.1, 0.15) is 46.0 Å². The number of carbonyl (C=O) groups is 2. The number of aliphatic hydroxyl groups is 1. The summed E-state index contributed by atoms with van der Waals surface area (Å²) in [5, 5.41) is 15.3. The lowest BCUT2D eigenvalue weighted by Gasteiger charge is -2.20. The average Bonchev–Trinajstić information content (AvgIpc) is 2.77. The highest BCUT2D eigenvalue weighted by Crippen LogP contribution is 2.18. The molecule has 0 saturated carbocycles. The number of rotatable bonds is 23. The van der Waals surface area contributed by atoms with Gasteiger partial charge in [-0.05, 0) is 26.0 Å². The summed E-state index contributed by atoms with van der Waals surface area (Å²) in [6, 6.07) is -0.702. The minimum Gasteiger partial charge on any atom is -0.379 e. The van der Waals surface area contributed by atoms with Gasteiger partial charge in [0.05, 0.1) is 46.2 Å². The number of aliphatic hydroxyl groups excluding tert-OH is 1. The van der Waals surface area contributed by atoms with Crippen LogP contribution in [0.3, 0.4) is 0 Å². The highest BCUT2D eigenvalue weighted by atomic mass is 33.1. The van der Waals surface area contributed by atoms with Crippen LogP contribution in [0.15, 0.2) is 0 Å². The third-order valence-corrected chi connectivity index (χ3v) is 6.01. The molecule has 0 spiro atoms. The number of carbonyl (C=O) groups excluding carboxylic acids is 2. The molecule has 0 aliphatic rings. The van der Waals surface area contributed by atoms with Crippen LogP contribution in [0.25, 0.3) is 0 Å². The zero-order valence-electron chi connectivity index (χ0n) is 19.8. The van der Waals surface area contributed by atoms with E-state index >= 15 is 0 Å². The van der Waals surface area contributed by atoms with Crippen LogP contribution >= 0.6 is 21.6 Å². The Balaban J connectivity index is 3.94. The molecular formula is C21H42N2O7S2. The lowest BCUT2D eigenvalue weighted by Crippen LogP contribution is -2.51. The van der Waals surface area contributed by atoms with E-state index in [9.17, 15) is 14.7 Å². The van der Waals surface area contributed by atoms with Crippen molar-refractivity contribution in [2.24, 2.45) is 0 Å². The molecular weight excluding hydrogens is 456 g/mol. The normalized spacial score (nSPS) is 13.0. The maximum Gasteiger partial charge on any atom is 0.245 e. The quantitative estimate of drug-likeness (QED) is 0.110. The number of nitrogens with one attached hydrogen (secondary N) is 2. The predicted molar refractivity (Wildman–Crippen MR) is 130 cm³/mol. The molecule has 0 aromatic carbocycles. The summed E-state index contributed by atoms with van der Waals surface area (Å²) in [6.07, 6.45) is 4.55. The van der Waals surface area contributed by atoms with Crippen LogP contribution in [-0.4, -0.2) is 94.1 Å². The molecule has 9 nitrogen and oxygen atoms in total. The fourth-order valence-corrected chi connectivity index (χ4v) is 3.80. The molecule has 0 aliphatic heterocycles. The Hall–Kier alpha value is -0.560. The second-order valence-electron chi connectivity index (χ2n) is 6.88. The SMILES string of the molecule is CCCCCC(O)NC(=O)C(CSSC)NC(=O)CCOCCOCCOCCOCC. The van der Waals surface area contributed by atoms with Crippen LogP contribution in [0.2, 0.25) is 0 Å². The van der Waals surface area contributed by atoms with Crippen molar-refractivity contribution in [3.8, 4) is 0 Å². The molecule has 3 N–H and O–H groups in total. The first-order valence-electron chi connectivity index (χ1n) is 11.3. The molecule has 32 heavy (non-hydrogen) atoms. The van der Waals surface area contributed by atoms with E-state index in [0.717, 1.165) is 19.3 Å². The van der Waals surface area contributed by atoms with Crippen molar-refractivity contribution in [1.29, 1.82) is 0 Å². The predicted octanol–water partition coefficient (Wildman–Crippen LogP) is 1.97. The van der Waals surface area contributed by atoms with Gasteiger partial charge in [-0.2, -0.15) is 0 Å². The third kappa shape index (κ3) is 20.1. The molecule has 0 heterocycles. The zero-order valence-corrected chi connectivity index (χ0v) is 21.4. The summed E-state index contributed by atoms with van der Waals surface area (Å²) in [7, 11) is 2.99. The summed E-state index contributed by atoms with van der Waals surface area (Å²) in [6.45, 7) is 7.85. The van der Waals surface area contributed by atoms with Gasteiger partial charge in [0.2, 0.25) is 11.8 Å². The van der Waals surface area contributed by atoms with Crippen molar-refractivity contribution >= 4 is 33.4 Å². The largest absolute Gasteiger partial charge is 0.379 e. The van der Waals surface area contributed by atoms with Crippen molar-refractivity contribution in [2.45, 2.75) is 58.2 Å². The Bertz CT molecular complexity index is 462. The van der Waals surface area contributed by atoms with Gasteiger partial charge in [0.25, 0.3) is 0 Å². The molecule has 0 aromatic heterocycles. The number of amides is 2. The first-order valence-corrected chi connectivity index (χ1v) is 14.0. The standard InChI is InChI=1S/C21H42N2O7S2/c1-4-6-7-8-19(24)23-21(26)18(17-32-31-3)22-20(25)9-10-28-13-14-30-16-15-29-12-11-27-5-2/h18-19,24H,4-17H2,1-3H3,(H,22,25)(H,23,26). The molecule has 11 heteroatoms. The molecule has 0 radical (unpaired) electrons. The molecule has 2 atom stereocenters. The lowest BCUT2D eigenvalue weighted by atomic mass is 10.2. The number of unbranched alkanes of at least 4 members (excludes halogenated alkanes) is 2. The summed E-state index contributed by atoms with van der Waals surface area (Å²) in [5.74, 6) is -0.223. The highest BCUT2D eigenvalue weighted by molar-refractivity contribution is 8.76. The van der Waals surface area contributed by atoms with Crippen LogP contribution in [0.5, 0.6) is 0 Å². The van der Waals surface area contributed by atoms with Crippen molar-refractivity contribution in [3.05, 3.63) is 0 Å². The number of hydrogen-bond acceptors (Lipinski definition) is 9. The van der Waals surface area contributed by atoms with Crippen LogP contribution < -0.4 is 10.6 Å². The van der Waals surface area contributed by atoms with E-state index in [-0.39, 0.29) is 24.8 Å². The van der Waals surface area contributed by atoms with Gasteiger partial charge in [-0.1, -0.05) is 41.4 Å². The summed E-state index contributed by atoms with van der Waals surface area (Å²) < 4.78 is 21.3. The molecule has 2 unspecified atom stereocenters. The van der Waals surface area contributed by atoms with Crippen LogP contribution in [-0.2, 0) is 28.5 Å². The van der Waals surface area contributed by atoms with Gasteiger partial charge >= 0.3 is 0 Å². The van der Waals surface area contributed by atoms with E-state index < -0.39 is 12.3 Å². The minimum absolute atomic E-state index is 0.146. The van der Waals surface area contributed by atoms with Crippen molar-refractivity contribution in [3.63, 3.8) is 0 Å². The van der Waals surface area contributed by atoms with Crippen LogP contribution in [0, 0.1) is 0 Å². The Morgan fingerprint density at radius 3 is 2.03 bits per heavy atom. The van der Waals surface area contributed by atoms with Crippen molar-refractivity contribution in [2.75, 3.05) is 64.9 Å². The van der Waals surface area contributed by atoms with Crippen molar-refractivity contribution in [1.82, 2.24) is 10.6 Å². The Kier molecular flexibility index (Phi) is 23.2. The summed E-state index contributed by atoms with van der Waals surface area (Å²) >= 11 is 0. The number of ether oxygens (including phenoxy) is 4. The molecule has 0 rings (SSSR count). The second-order valence-corrected chi connectivity index (χ2v) is 9.48. The van der Waals surface area contributed by atoms with E-state index in [1.165, 1.54) is 21.6 Å². The molecule has 0 aliphatic carbocycles. The molecule has 0 fully saturated rings. The second kappa shape index (κ2) is 23.6. The van der Waals surface area contributed by atoms with E-state index in [4.69, 9.17) is 18.9 Å². The number of hydrogen-bond donors (Lipinski definition) is 3. The van der Waals surface area contributed by atoms with E-state index in [2.05, 4.69) is 17.6 Å². The molecule has 190 valence electrons. The topological polar surface area (TPSA) is 115 Å². The third-order valence-electron chi connectivity index (χ3n) is 4.19. The Labute approximate surface area is 200 Å². The molecule has 0 aromatic rings. The summed E-state index contributed by atoms with van der Waals surface area (Å²) in [4.78, 5) is 24.6. The van der Waals surface area contributed by atoms with Gasteiger partial charge < -0.3 is 34.7 Å². The van der Waals surface area contributed by atoms with Gasteiger partial charge in [-0.25, -0.2) is 0 Å². The lowest BCUT2D eigenvalue weighted by molar-refractivity contribution is -0.130. The monoisotopic (exact) mass is 498 g/mol. The van der Waals surface area contributed by atoms with Gasteiger partial charge in [0.15, 0.2) is 0 Å². The van der Waals surface area contributed by atoms with Gasteiger partial charge in [-0.15, -0.1) is 0 Å². The van der Waals surface area contributed by atoms with E-state index in [1.54, 1.807) is 0 Å². The molecule has 0 saturated heterocycles. The first kappa shape index (κ1) is 31.4. The molecule has 2 amide bonds. The smallest absolute Gasteiger partial charge is 0.245 e. The van der Waals surface area contributed by atoms with Gasteiger partial charge in [0, 0.05) is 18.8 Å². The van der Waals surface area contributed by atoms with Crippen LogP contribution in [0.4, 0.5) is 0 Å². The highest BCUT2D eigenvalue weighted by Gasteiger charge is 2.22. The maximum atomic E-state index is 12.4. The fourth-order valence-electron chi connectivity index (χ4n) is 2.48. The molecule has 0 bridgehead atoms. The Morgan fingerprint density at radius 2 is 1.47 bits per heavy atom. The minimum atomic E-state index is -0.897. The zero-order chi connectivity index (χ0) is 23.9. The fraction of sp³-hybridized carbons (Fsp3) is 0.905. The maximum absolute atomic E-state index is 12.4. The summed E-state index contributed by atoms with van der Waals surface area (Å²) in [5.41, 5.74) is 0. The van der Waals surface area contributed by atoms with E-state index in [0.29, 0.717) is 58.4 Å². The van der Waals surface area contributed by atoms with E-state index in [1.807, 2.05) is 13.2 Å².